The molecule has 0 bridgehead atoms. The van der Waals surface area contributed by atoms with Crippen molar-refractivity contribution >= 4 is 71.7 Å². The van der Waals surface area contributed by atoms with Crippen LogP contribution in [0.15, 0.2) is 33.1 Å². The molecule has 27 heavy (non-hydrogen) atoms. The maximum Gasteiger partial charge on any atom is 0.316 e. The number of esters is 1. The Morgan fingerprint density at radius 1 is 1.33 bits per heavy atom. The van der Waals surface area contributed by atoms with Crippen LogP contribution < -0.4 is 9.62 Å². The molecule has 0 aliphatic rings. The molecule has 9 nitrogen and oxygen atoms in total. The zero-order valence-electron chi connectivity index (χ0n) is 14.2. The van der Waals surface area contributed by atoms with Crippen molar-refractivity contribution in [2.45, 2.75) is 4.34 Å². The summed E-state index contributed by atoms with van der Waals surface area (Å²) in [5.74, 6) is -0.905. The second-order valence-electron chi connectivity index (χ2n) is 5.01. The summed E-state index contributed by atoms with van der Waals surface area (Å²) in [5, 5.41) is 10.4. The number of methoxy groups -OCH3 is 1. The zero-order chi connectivity index (χ0) is 20.0. The van der Waals surface area contributed by atoms with Crippen molar-refractivity contribution in [2.24, 2.45) is 0 Å². The van der Waals surface area contributed by atoms with Crippen molar-refractivity contribution in [3.05, 3.63) is 28.7 Å². The Morgan fingerprint density at radius 3 is 2.67 bits per heavy atom. The predicted molar refractivity (Wildman–Crippen MR) is 108 cm³/mol. The van der Waals surface area contributed by atoms with Gasteiger partial charge in [0.05, 0.1) is 24.8 Å². The summed E-state index contributed by atoms with van der Waals surface area (Å²) in [4.78, 5) is 23.4. The highest BCUT2D eigenvalue weighted by atomic mass is 79.9. The Balaban J connectivity index is 2.06. The fourth-order valence-corrected chi connectivity index (χ4v) is 4.91. The summed E-state index contributed by atoms with van der Waals surface area (Å²) in [6.07, 6.45) is 1.02. The van der Waals surface area contributed by atoms with Crippen LogP contribution in [0.25, 0.3) is 0 Å². The first-order valence-electron chi connectivity index (χ1n) is 7.26. The second-order valence-corrected chi connectivity index (χ2v) is 9.97. The number of aromatic nitrogens is 2. The van der Waals surface area contributed by atoms with Crippen molar-refractivity contribution in [3.63, 3.8) is 0 Å². The lowest BCUT2D eigenvalue weighted by molar-refractivity contribution is -0.137. The minimum absolute atomic E-state index is 0.0724. The molecular weight excluding hydrogens is 480 g/mol. The number of rotatable bonds is 8. The third kappa shape index (κ3) is 6.45. The molecule has 0 aliphatic heterocycles. The number of halogens is 1. The fourth-order valence-electron chi connectivity index (χ4n) is 1.82. The van der Waals surface area contributed by atoms with E-state index >= 15 is 0 Å². The fraction of sp³-hybridized carbons (Fsp3) is 0.286. The third-order valence-corrected chi connectivity index (χ3v) is 6.75. The topological polar surface area (TPSA) is 119 Å². The molecular formula is C14H15BrN4O5S3. The van der Waals surface area contributed by atoms with Crippen LogP contribution in [-0.4, -0.2) is 56.2 Å². The molecule has 0 aliphatic carbocycles. The highest BCUT2D eigenvalue weighted by Crippen LogP contribution is 2.28. The van der Waals surface area contributed by atoms with Gasteiger partial charge < -0.3 is 4.74 Å². The van der Waals surface area contributed by atoms with Crippen LogP contribution in [0.1, 0.15) is 0 Å². The van der Waals surface area contributed by atoms with E-state index < -0.39 is 28.4 Å². The van der Waals surface area contributed by atoms with Gasteiger partial charge in [-0.3, -0.25) is 19.2 Å². The van der Waals surface area contributed by atoms with Gasteiger partial charge in [-0.2, -0.15) is 0 Å². The van der Waals surface area contributed by atoms with E-state index in [2.05, 4.69) is 36.2 Å². The molecule has 13 heteroatoms. The van der Waals surface area contributed by atoms with Gasteiger partial charge in [-0.15, -0.1) is 10.2 Å². The molecule has 2 aromatic rings. The second kappa shape index (κ2) is 9.48. The van der Waals surface area contributed by atoms with Crippen LogP contribution in [0, 0.1) is 0 Å². The molecule has 1 aromatic heterocycles. The minimum atomic E-state index is -3.69. The summed E-state index contributed by atoms with van der Waals surface area (Å²) < 4.78 is 30.7. The summed E-state index contributed by atoms with van der Waals surface area (Å²) in [6.45, 7) is -0.425. The Hall–Kier alpha value is -1.70. The van der Waals surface area contributed by atoms with E-state index in [0.29, 0.717) is 14.5 Å². The lowest BCUT2D eigenvalue weighted by Gasteiger charge is -2.22. The van der Waals surface area contributed by atoms with Crippen molar-refractivity contribution in [3.8, 4) is 0 Å². The zero-order valence-corrected chi connectivity index (χ0v) is 18.2. The molecule has 1 N–H and O–H groups in total. The Labute approximate surface area is 172 Å². The number of carbonyl (C=O) groups excluding carboxylic acids is 2. The Bertz CT molecular complexity index is 934. The molecule has 1 aromatic carbocycles. The predicted octanol–water partition coefficient (Wildman–Crippen LogP) is 1.97. The van der Waals surface area contributed by atoms with Gasteiger partial charge in [-0.1, -0.05) is 35.2 Å². The number of hydrogen-bond acceptors (Lipinski definition) is 9. The molecule has 146 valence electrons. The average Bonchev–Trinajstić information content (AvgIpc) is 3.04. The normalized spacial score (nSPS) is 11.1. The van der Waals surface area contributed by atoms with Gasteiger partial charge in [0.25, 0.3) is 0 Å². The van der Waals surface area contributed by atoms with Crippen LogP contribution >= 0.6 is 39.0 Å². The smallest absolute Gasteiger partial charge is 0.316 e. The number of para-hydroxylation sites is 1. The molecule has 0 saturated carbocycles. The number of nitrogens with zero attached hydrogens (tertiary/aromatic N) is 3. The molecule has 0 radical (unpaired) electrons. The number of amides is 1. The number of anilines is 2. The summed E-state index contributed by atoms with van der Waals surface area (Å²) in [6, 6.07) is 6.68. The van der Waals surface area contributed by atoms with Gasteiger partial charge in [0, 0.05) is 4.47 Å². The molecule has 1 amide bonds. The van der Waals surface area contributed by atoms with Crippen LogP contribution in [-0.2, 0) is 24.3 Å². The molecule has 0 spiro atoms. The first-order chi connectivity index (χ1) is 12.7. The van der Waals surface area contributed by atoms with Gasteiger partial charge in [0.2, 0.25) is 21.1 Å². The molecule has 0 unspecified atom stereocenters. The van der Waals surface area contributed by atoms with E-state index in [0.717, 1.165) is 33.7 Å². The lowest BCUT2D eigenvalue weighted by atomic mass is 10.3. The molecule has 1 heterocycles. The maximum absolute atomic E-state index is 12.3. The maximum atomic E-state index is 12.3. The summed E-state index contributed by atoms with van der Waals surface area (Å²) >= 11 is 5.48. The highest BCUT2D eigenvalue weighted by molar-refractivity contribution is 9.10. The van der Waals surface area contributed by atoms with Gasteiger partial charge in [0.15, 0.2) is 4.34 Å². The van der Waals surface area contributed by atoms with Crippen LogP contribution in [0.2, 0.25) is 0 Å². The van der Waals surface area contributed by atoms with E-state index in [-0.39, 0.29) is 10.9 Å². The number of hydrogen-bond donors (Lipinski definition) is 1. The van der Waals surface area contributed by atoms with E-state index in [4.69, 9.17) is 0 Å². The lowest BCUT2D eigenvalue weighted by Crippen LogP contribution is -2.37. The van der Waals surface area contributed by atoms with Crippen LogP contribution in [0.4, 0.5) is 10.8 Å². The van der Waals surface area contributed by atoms with Crippen molar-refractivity contribution in [2.75, 3.05) is 35.3 Å². The molecule has 2 rings (SSSR count). The number of ether oxygens (including phenoxy) is 1. The highest BCUT2D eigenvalue weighted by Gasteiger charge is 2.23. The van der Waals surface area contributed by atoms with Crippen LogP contribution in [0.5, 0.6) is 0 Å². The number of benzene rings is 1. The van der Waals surface area contributed by atoms with Crippen LogP contribution in [0.3, 0.4) is 0 Å². The third-order valence-electron chi connectivity index (χ3n) is 3.00. The first-order valence-corrected chi connectivity index (χ1v) is 11.7. The first kappa shape index (κ1) is 21.6. The number of nitrogens with one attached hydrogen (secondary N) is 1. The van der Waals surface area contributed by atoms with E-state index in [1.807, 2.05) is 0 Å². The summed E-state index contributed by atoms with van der Waals surface area (Å²) in [5.41, 5.74) is 0.349. The van der Waals surface area contributed by atoms with Crippen molar-refractivity contribution < 1.29 is 22.7 Å². The van der Waals surface area contributed by atoms with Gasteiger partial charge >= 0.3 is 5.97 Å². The van der Waals surface area contributed by atoms with E-state index in [1.54, 1.807) is 24.3 Å². The molecule has 0 atom stereocenters. The average molecular weight is 495 g/mol. The number of sulfonamides is 1. The molecule has 0 fully saturated rings. The summed E-state index contributed by atoms with van der Waals surface area (Å²) in [7, 11) is -2.40. The van der Waals surface area contributed by atoms with E-state index in [1.165, 1.54) is 7.11 Å². The van der Waals surface area contributed by atoms with Gasteiger partial charge in [0.1, 0.15) is 6.54 Å². The Morgan fingerprint density at radius 2 is 2.04 bits per heavy atom. The quantitative estimate of drug-likeness (QED) is 0.336. The minimum Gasteiger partial charge on any atom is -0.468 e. The van der Waals surface area contributed by atoms with Crippen molar-refractivity contribution in [1.82, 2.24) is 10.2 Å². The number of carbonyl (C=O) groups is 2. The molecule has 0 saturated heterocycles. The van der Waals surface area contributed by atoms with Crippen molar-refractivity contribution in [1.29, 1.82) is 0 Å². The monoisotopic (exact) mass is 494 g/mol. The van der Waals surface area contributed by atoms with Gasteiger partial charge in [-0.05, 0) is 28.1 Å². The SMILES string of the molecule is COC(=O)CSc1nnc(NC(=O)CN(c2ccccc2Br)S(C)(=O)=O)s1. The standard InChI is InChI=1S/C14H15BrN4O5S3/c1-24-12(21)8-25-14-18-17-13(26-14)16-11(20)7-19(27(2,22)23)10-6-4-3-5-9(10)15/h3-6H,7-8H2,1-2H3,(H,16,17,20). The van der Waals surface area contributed by atoms with Gasteiger partial charge in [-0.25, -0.2) is 8.42 Å². The largest absolute Gasteiger partial charge is 0.468 e. The Kier molecular flexibility index (Phi) is 7.59. The van der Waals surface area contributed by atoms with E-state index in [9.17, 15) is 18.0 Å². The number of thioether (sulfide) groups is 1.